The summed E-state index contributed by atoms with van der Waals surface area (Å²) in [5, 5.41) is 19.1. The van der Waals surface area contributed by atoms with Crippen LogP contribution in [0.15, 0.2) is 12.2 Å². The van der Waals surface area contributed by atoms with Crippen molar-refractivity contribution in [1.29, 1.82) is 0 Å². The maximum atomic E-state index is 12.7. The number of nitrogens with zero attached hydrogens (tertiary/aromatic N) is 2. The van der Waals surface area contributed by atoms with E-state index < -0.39 is 22.0 Å². The molecule has 30 heavy (non-hydrogen) atoms. The molecule has 0 radical (unpaired) electrons. The first-order valence-electron chi connectivity index (χ1n) is 10.5. The van der Waals surface area contributed by atoms with Crippen molar-refractivity contribution in [3.63, 3.8) is 0 Å². The van der Waals surface area contributed by atoms with Gasteiger partial charge in [-0.3, -0.25) is 14.3 Å². The van der Waals surface area contributed by atoms with Crippen LogP contribution in [0.25, 0.3) is 0 Å². The molecule has 0 saturated heterocycles. The quantitative estimate of drug-likeness (QED) is 0.0898. The Morgan fingerprint density at radius 1 is 1.23 bits per heavy atom. The van der Waals surface area contributed by atoms with E-state index in [1.807, 2.05) is 6.92 Å². The van der Waals surface area contributed by atoms with Crippen molar-refractivity contribution in [3.8, 4) is 0 Å². The number of β-amino-alcohol motifs (C(OH)–C–C–N with tert-alkyl or cyclic N) is 2. The van der Waals surface area contributed by atoms with Crippen LogP contribution in [-0.4, -0.2) is 88.9 Å². The molecule has 0 fully saturated rings. The number of Topliss-reactive ketones (excluding diaryl/α,β-unsaturated/α-hetero) is 1. The number of aliphatic hydroxyl groups excluding tert-OH is 2. The van der Waals surface area contributed by atoms with Crippen LogP contribution in [0.1, 0.15) is 58.3 Å². The molecule has 10 heteroatoms. The predicted molar refractivity (Wildman–Crippen MR) is 111 cm³/mol. The summed E-state index contributed by atoms with van der Waals surface area (Å²) in [6, 6.07) is 0. The second-order valence-corrected chi connectivity index (χ2v) is 8.96. The van der Waals surface area contributed by atoms with Gasteiger partial charge in [0.05, 0.1) is 22.5 Å². The van der Waals surface area contributed by atoms with Gasteiger partial charge in [0.2, 0.25) is 5.78 Å². The second-order valence-electron chi connectivity index (χ2n) is 7.51. The fraction of sp³-hybridized carbons (Fsp3) is 0.800. The average Bonchev–Trinajstić information content (AvgIpc) is 3.01. The summed E-state index contributed by atoms with van der Waals surface area (Å²) in [4.78, 5) is 14.5. The van der Waals surface area contributed by atoms with Gasteiger partial charge >= 0.3 is 35.4 Å². The number of carbonyl (C=O) groups excluding carboxylic acids is 1. The van der Waals surface area contributed by atoms with Gasteiger partial charge in [0, 0.05) is 6.42 Å². The zero-order valence-corrected chi connectivity index (χ0v) is 21.3. The number of aliphatic hydroxyl groups is 2. The normalized spacial score (nSPS) is 15.7. The van der Waals surface area contributed by atoms with Gasteiger partial charge in [0.15, 0.2) is 0 Å². The summed E-state index contributed by atoms with van der Waals surface area (Å²) < 4.78 is 34.2. The number of hydrogen-bond acceptors (Lipinski definition) is 7. The summed E-state index contributed by atoms with van der Waals surface area (Å²) in [7, 11) is -4.54. The minimum absolute atomic E-state index is 0. The van der Waals surface area contributed by atoms with Gasteiger partial charge in [-0.25, -0.2) is 8.42 Å². The van der Waals surface area contributed by atoms with Crippen molar-refractivity contribution in [3.05, 3.63) is 12.2 Å². The third-order valence-electron chi connectivity index (χ3n) is 4.95. The molecule has 2 N–H and O–H groups in total. The van der Waals surface area contributed by atoms with Gasteiger partial charge in [-0.2, -0.15) is 0 Å². The number of rotatable bonds is 16. The molecular formula is C20H36N2NaO6S+. The summed E-state index contributed by atoms with van der Waals surface area (Å²) in [5.74, 6) is -0.534. The summed E-state index contributed by atoms with van der Waals surface area (Å²) >= 11 is 0. The van der Waals surface area contributed by atoms with E-state index in [1.165, 1.54) is 12.8 Å². The first kappa shape index (κ1) is 29.7. The topological polar surface area (TPSA) is 121 Å². The van der Waals surface area contributed by atoms with Gasteiger partial charge in [0.25, 0.3) is 0 Å². The zero-order valence-electron chi connectivity index (χ0n) is 18.5. The molecule has 0 amide bonds. The Kier molecular flexibility index (Phi) is 16.2. The Labute approximate surface area is 203 Å². The number of hydrogen-bond donors (Lipinski definition) is 2. The molecule has 0 bridgehead atoms. The van der Waals surface area contributed by atoms with E-state index in [9.17, 15) is 28.0 Å². The fourth-order valence-corrected chi connectivity index (χ4v) is 4.17. The molecule has 1 aliphatic heterocycles. The standard InChI is InChI=1S/C20H36N2O6S.Na/c1-2-3-4-5-6-7-8-9-10-11-19(25)20-21(14-15-23)12-13-22(20)16-18(24)17-29(26,27)28;/h2-3,18,23-24H,4-17H2,1H3;/q;+1/b3-2+;. The minimum Gasteiger partial charge on any atom is -0.748 e. The van der Waals surface area contributed by atoms with Crippen LogP contribution in [0.3, 0.4) is 0 Å². The first-order valence-corrected chi connectivity index (χ1v) is 12.1. The molecule has 0 aliphatic carbocycles. The molecule has 0 saturated carbocycles. The second kappa shape index (κ2) is 16.4. The minimum atomic E-state index is -4.54. The fourth-order valence-electron chi connectivity index (χ4n) is 3.60. The number of amidine groups is 1. The zero-order chi connectivity index (χ0) is 21.7. The summed E-state index contributed by atoms with van der Waals surface area (Å²) in [6.07, 6.45) is 10.7. The first-order chi connectivity index (χ1) is 13.8. The van der Waals surface area contributed by atoms with Crippen molar-refractivity contribution >= 4 is 21.7 Å². The van der Waals surface area contributed by atoms with E-state index in [0.29, 0.717) is 31.9 Å². The number of carbonyl (C=O) groups is 1. The third kappa shape index (κ3) is 12.5. The van der Waals surface area contributed by atoms with E-state index >= 15 is 0 Å². The van der Waals surface area contributed by atoms with Crippen molar-refractivity contribution in [2.75, 3.05) is 38.5 Å². The number of ketones is 1. The molecular weight excluding hydrogens is 419 g/mol. The number of allylic oxidation sites excluding steroid dienone is 2. The molecule has 0 spiro atoms. The molecule has 8 nitrogen and oxygen atoms in total. The van der Waals surface area contributed by atoms with Gasteiger partial charge < -0.3 is 14.8 Å². The van der Waals surface area contributed by atoms with Crippen LogP contribution in [0.5, 0.6) is 0 Å². The van der Waals surface area contributed by atoms with Crippen LogP contribution >= 0.6 is 0 Å². The Morgan fingerprint density at radius 2 is 1.87 bits per heavy atom. The average molecular weight is 456 g/mol. The Hall–Kier alpha value is -0.290. The Balaban J connectivity index is 0.00000841. The SMILES string of the molecule is C/C=C/CCCCCCCCC(=O)C1=[N+](CC(O)CS(=O)(=O)[O-])CCN1CCO.[Na+]. The molecule has 1 rings (SSSR count). The van der Waals surface area contributed by atoms with E-state index in [-0.39, 0.29) is 48.5 Å². The molecule has 168 valence electrons. The van der Waals surface area contributed by atoms with Crippen LogP contribution in [0.2, 0.25) is 0 Å². The van der Waals surface area contributed by atoms with Crippen LogP contribution < -0.4 is 29.6 Å². The number of unbranched alkanes of at least 4 members (excludes halogenated alkanes) is 6. The Bertz CT molecular complexity index is 666. The largest absolute Gasteiger partial charge is 1.00 e. The summed E-state index contributed by atoms with van der Waals surface area (Å²) in [5.41, 5.74) is 0. The van der Waals surface area contributed by atoms with E-state index in [4.69, 9.17) is 0 Å². The van der Waals surface area contributed by atoms with E-state index in [0.717, 1.165) is 32.1 Å². The van der Waals surface area contributed by atoms with Crippen molar-refractivity contribution in [1.82, 2.24) is 4.90 Å². The smallest absolute Gasteiger partial charge is 0.748 e. The summed E-state index contributed by atoms with van der Waals surface area (Å²) in [6.45, 7) is 3.11. The molecule has 0 aromatic carbocycles. The van der Waals surface area contributed by atoms with Gasteiger partial charge in [-0.05, 0) is 26.2 Å². The third-order valence-corrected chi connectivity index (χ3v) is 5.74. The van der Waals surface area contributed by atoms with Crippen molar-refractivity contribution in [2.24, 2.45) is 0 Å². The molecule has 1 unspecified atom stereocenters. The maximum absolute atomic E-state index is 12.7. The maximum Gasteiger partial charge on any atom is 1.00 e. The monoisotopic (exact) mass is 455 g/mol. The van der Waals surface area contributed by atoms with Gasteiger partial charge in [0.1, 0.15) is 32.3 Å². The van der Waals surface area contributed by atoms with E-state index in [2.05, 4.69) is 12.2 Å². The van der Waals surface area contributed by atoms with Crippen LogP contribution in [0.4, 0.5) is 0 Å². The molecule has 1 heterocycles. The Morgan fingerprint density at radius 3 is 2.47 bits per heavy atom. The predicted octanol–water partition coefficient (Wildman–Crippen LogP) is -2.12. The molecule has 1 aliphatic rings. The molecule has 1 atom stereocenters. The van der Waals surface area contributed by atoms with Crippen molar-refractivity contribution < 1.29 is 62.1 Å². The molecule has 0 aromatic rings. The van der Waals surface area contributed by atoms with E-state index in [1.54, 1.807) is 9.48 Å². The van der Waals surface area contributed by atoms with Gasteiger partial charge in [-0.15, -0.1) is 0 Å². The van der Waals surface area contributed by atoms with Crippen LogP contribution in [0, 0.1) is 0 Å². The van der Waals surface area contributed by atoms with Crippen LogP contribution in [-0.2, 0) is 14.9 Å². The van der Waals surface area contributed by atoms with Crippen molar-refractivity contribution in [2.45, 2.75) is 64.4 Å². The van der Waals surface area contributed by atoms with Gasteiger partial charge in [-0.1, -0.05) is 37.8 Å². The molecule has 0 aromatic heterocycles.